The first-order valence-corrected chi connectivity index (χ1v) is 5.30. The number of nitrogens with zero attached hydrogens (tertiary/aromatic N) is 3. The molecule has 0 fully saturated rings. The summed E-state index contributed by atoms with van der Waals surface area (Å²) in [5.41, 5.74) is 9.35. The van der Waals surface area contributed by atoms with Crippen LogP contribution in [0.2, 0.25) is 0 Å². The Hall–Kier alpha value is -2.30. The highest BCUT2D eigenvalue weighted by atomic mass is 16.3. The summed E-state index contributed by atoms with van der Waals surface area (Å²) in [6.45, 7) is 2.02. The van der Waals surface area contributed by atoms with Gasteiger partial charge in [-0.05, 0) is 24.6 Å². The molecule has 5 heteroatoms. The predicted octanol–water partition coefficient (Wildman–Crippen LogP) is 2.12. The summed E-state index contributed by atoms with van der Waals surface area (Å²) >= 11 is 0. The van der Waals surface area contributed by atoms with E-state index >= 15 is 0 Å². The van der Waals surface area contributed by atoms with Gasteiger partial charge in [-0.1, -0.05) is 6.07 Å². The van der Waals surface area contributed by atoms with E-state index in [1.54, 1.807) is 17.9 Å². The lowest BCUT2D eigenvalue weighted by Gasteiger charge is -1.94. The zero-order valence-corrected chi connectivity index (χ0v) is 9.64. The Labute approximate surface area is 97.9 Å². The van der Waals surface area contributed by atoms with Crippen LogP contribution in [0, 0.1) is 6.92 Å². The van der Waals surface area contributed by atoms with Crippen molar-refractivity contribution in [1.29, 1.82) is 0 Å². The average molecular weight is 228 g/mol. The second-order valence-electron chi connectivity index (χ2n) is 4.06. The number of anilines is 1. The number of nitrogen functional groups attached to an aromatic ring is 1. The van der Waals surface area contributed by atoms with Crippen molar-refractivity contribution >= 4 is 16.9 Å². The topological polar surface area (TPSA) is 69.9 Å². The van der Waals surface area contributed by atoms with Crippen molar-refractivity contribution in [3.05, 3.63) is 30.0 Å². The summed E-state index contributed by atoms with van der Waals surface area (Å²) in [4.78, 5) is 4.42. The molecule has 3 aromatic rings. The van der Waals surface area contributed by atoms with Crippen LogP contribution in [0.3, 0.4) is 0 Å². The van der Waals surface area contributed by atoms with Gasteiger partial charge in [0.2, 0.25) is 5.89 Å². The van der Waals surface area contributed by atoms with Crippen molar-refractivity contribution in [3.8, 4) is 11.5 Å². The molecule has 2 heterocycles. The molecule has 86 valence electrons. The molecule has 0 aliphatic carbocycles. The Morgan fingerprint density at radius 1 is 1.35 bits per heavy atom. The standard InChI is InChI=1S/C12H12N4O/c1-7-3-4-10-9(5-7)15-12(17-10)8-6-14-16(2)11(8)13/h3-6H,13H2,1-2H3. The van der Waals surface area contributed by atoms with Crippen LogP contribution in [0.5, 0.6) is 0 Å². The average Bonchev–Trinajstić information content (AvgIpc) is 2.83. The molecule has 0 aliphatic heterocycles. The molecule has 1 aromatic carbocycles. The molecular weight excluding hydrogens is 216 g/mol. The number of aromatic nitrogens is 3. The lowest BCUT2D eigenvalue weighted by Crippen LogP contribution is -1.97. The Morgan fingerprint density at radius 3 is 2.88 bits per heavy atom. The summed E-state index contributed by atoms with van der Waals surface area (Å²) in [6, 6.07) is 5.88. The molecule has 5 nitrogen and oxygen atoms in total. The largest absolute Gasteiger partial charge is 0.436 e. The first-order valence-electron chi connectivity index (χ1n) is 5.30. The van der Waals surface area contributed by atoms with Gasteiger partial charge in [0.1, 0.15) is 11.3 Å². The summed E-state index contributed by atoms with van der Waals surface area (Å²) < 4.78 is 7.25. The van der Waals surface area contributed by atoms with Gasteiger partial charge in [0.15, 0.2) is 5.58 Å². The van der Waals surface area contributed by atoms with Crippen LogP contribution in [-0.2, 0) is 7.05 Å². The second-order valence-corrected chi connectivity index (χ2v) is 4.06. The molecule has 17 heavy (non-hydrogen) atoms. The van der Waals surface area contributed by atoms with Gasteiger partial charge < -0.3 is 10.2 Å². The molecule has 0 saturated heterocycles. The smallest absolute Gasteiger partial charge is 0.232 e. The molecule has 0 saturated carbocycles. The van der Waals surface area contributed by atoms with Crippen LogP contribution in [0.25, 0.3) is 22.6 Å². The van der Waals surface area contributed by atoms with E-state index in [0.717, 1.165) is 22.2 Å². The van der Waals surface area contributed by atoms with E-state index in [9.17, 15) is 0 Å². The normalized spacial score (nSPS) is 11.2. The molecule has 0 spiro atoms. The third kappa shape index (κ3) is 1.47. The maximum absolute atomic E-state index is 5.89. The fourth-order valence-electron chi connectivity index (χ4n) is 1.76. The zero-order valence-electron chi connectivity index (χ0n) is 9.64. The summed E-state index contributed by atoms with van der Waals surface area (Å²) in [5, 5.41) is 4.07. The zero-order chi connectivity index (χ0) is 12.0. The monoisotopic (exact) mass is 228 g/mol. The fourth-order valence-corrected chi connectivity index (χ4v) is 1.76. The van der Waals surface area contributed by atoms with E-state index in [0.29, 0.717) is 11.7 Å². The number of fused-ring (bicyclic) bond motifs is 1. The van der Waals surface area contributed by atoms with Crippen LogP contribution < -0.4 is 5.73 Å². The minimum Gasteiger partial charge on any atom is -0.436 e. The Bertz CT molecular complexity index is 696. The van der Waals surface area contributed by atoms with E-state index in [2.05, 4.69) is 10.1 Å². The van der Waals surface area contributed by atoms with Crippen molar-refractivity contribution in [2.24, 2.45) is 7.05 Å². The van der Waals surface area contributed by atoms with Crippen LogP contribution in [0.15, 0.2) is 28.8 Å². The van der Waals surface area contributed by atoms with Gasteiger partial charge in [-0.25, -0.2) is 4.98 Å². The van der Waals surface area contributed by atoms with E-state index in [1.165, 1.54) is 0 Å². The molecule has 2 N–H and O–H groups in total. The summed E-state index contributed by atoms with van der Waals surface area (Å²) in [7, 11) is 1.78. The second kappa shape index (κ2) is 3.35. The molecule has 0 amide bonds. The minimum atomic E-state index is 0.510. The van der Waals surface area contributed by atoms with Gasteiger partial charge in [-0.3, -0.25) is 4.68 Å². The van der Waals surface area contributed by atoms with Gasteiger partial charge in [0.25, 0.3) is 0 Å². The third-order valence-electron chi connectivity index (χ3n) is 2.76. The van der Waals surface area contributed by atoms with E-state index in [4.69, 9.17) is 10.2 Å². The van der Waals surface area contributed by atoms with Gasteiger partial charge >= 0.3 is 0 Å². The number of benzene rings is 1. The molecular formula is C12H12N4O. The molecule has 0 atom stereocenters. The number of oxazole rings is 1. The number of aryl methyl sites for hydroxylation is 2. The first kappa shape index (κ1) is 9.89. The molecule has 2 aromatic heterocycles. The predicted molar refractivity (Wildman–Crippen MR) is 65.4 cm³/mol. The van der Waals surface area contributed by atoms with E-state index < -0.39 is 0 Å². The van der Waals surface area contributed by atoms with Crippen LogP contribution in [0.1, 0.15) is 5.56 Å². The van der Waals surface area contributed by atoms with Crippen molar-refractivity contribution in [2.45, 2.75) is 6.92 Å². The molecule has 3 rings (SSSR count). The Balaban J connectivity index is 2.21. The van der Waals surface area contributed by atoms with Gasteiger partial charge in [0.05, 0.1) is 11.8 Å². The van der Waals surface area contributed by atoms with Crippen LogP contribution in [0.4, 0.5) is 5.82 Å². The number of nitrogens with two attached hydrogens (primary N) is 1. The molecule has 0 radical (unpaired) electrons. The number of rotatable bonds is 1. The Kier molecular flexibility index (Phi) is 1.95. The van der Waals surface area contributed by atoms with Gasteiger partial charge in [0, 0.05) is 7.05 Å². The number of hydrogen-bond donors (Lipinski definition) is 1. The lowest BCUT2D eigenvalue weighted by atomic mass is 10.2. The third-order valence-corrected chi connectivity index (χ3v) is 2.76. The molecule has 0 bridgehead atoms. The van der Waals surface area contributed by atoms with Gasteiger partial charge in [-0.15, -0.1) is 0 Å². The van der Waals surface area contributed by atoms with Gasteiger partial charge in [-0.2, -0.15) is 5.10 Å². The quantitative estimate of drug-likeness (QED) is 0.692. The highest BCUT2D eigenvalue weighted by Gasteiger charge is 2.14. The SMILES string of the molecule is Cc1ccc2oc(-c3cnn(C)c3N)nc2c1. The fraction of sp³-hybridized carbons (Fsp3) is 0.167. The maximum atomic E-state index is 5.89. The van der Waals surface area contributed by atoms with Crippen molar-refractivity contribution in [2.75, 3.05) is 5.73 Å². The first-order chi connectivity index (χ1) is 8.15. The highest BCUT2D eigenvalue weighted by Crippen LogP contribution is 2.28. The lowest BCUT2D eigenvalue weighted by molar-refractivity contribution is 0.620. The van der Waals surface area contributed by atoms with Crippen molar-refractivity contribution in [3.63, 3.8) is 0 Å². The summed E-state index contributed by atoms with van der Waals surface area (Å²) in [5.74, 6) is 1.06. The van der Waals surface area contributed by atoms with Crippen LogP contribution in [-0.4, -0.2) is 14.8 Å². The maximum Gasteiger partial charge on any atom is 0.232 e. The minimum absolute atomic E-state index is 0.510. The van der Waals surface area contributed by atoms with Crippen molar-refractivity contribution in [1.82, 2.24) is 14.8 Å². The summed E-state index contributed by atoms with van der Waals surface area (Å²) in [6.07, 6.45) is 1.66. The highest BCUT2D eigenvalue weighted by molar-refractivity contribution is 5.78. The Morgan fingerprint density at radius 2 is 2.18 bits per heavy atom. The molecule has 0 unspecified atom stereocenters. The van der Waals surface area contributed by atoms with E-state index in [-0.39, 0.29) is 0 Å². The molecule has 0 aliphatic rings. The van der Waals surface area contributed by atoms with Crippen molar-refractivity contribution < 1.29 is 4.42 Å². The van der Waals surface area contributed by atoms with Crippen LogP contribution >= 0.6 is 0 Å². The van der Waals surface area contributed by atoms with E-state index in [1.807, 2.05) is 25.1 Å². The number of hydrogen-bond acceptors (Lipinski definition) is 4.